The molecule has 1 saturated heterocycles. The highest BCUT2D eigenvalue weighted by Crippen LogP contribution is 2.30. The topological polar surface area (TPSA) is 63.2 Å². The van der Waals surface area contributed by atoms with Gasteiger partial charge in [-0.05, 0) is 38.8 Å². The van der Waals surface area contributed by atoms with Gasteiger partial charge in [0.2, 0.25) is 5.91 Å². The van der Waals surface area contributed by atoms with Crippen LogP contribution in [-0.4, -0.2) is 40.2 Å². The number of carbonyl (C=O) groups is 2. The van der Waals surface area contributed by atoms with Gasteiger partial charge >= 0.3 is 0 Å². The summed E-state index contributed by atoms with van der Waals surface area (Å²) in [5.74, 6) is -1.05. The zero-order valence-corrected chi connectivity index (χ0v) is 15.3. The van der Waals surface area contributed by atoms with Gasteiger partial charge in [-0.3, -0.25) is 9.59 Å². The summed E-state index contributed by atoms with van der Waals surface area (Å²) in [6, 6.07) is 3.58. The fourth-order valence-corrected chi connectivity index (χ4v) is 3.57. The molecule has 1 fully saturated rings. The van der Waals surface area contributed by atoms with Crippen LogP contribution in [0.4, 0.5) is 8.78 Å². The molecule has 7 heteroatoms. The van der Waals surface area contributed by atoms with Crippen LogP contribution in [0.3, 0.4) is 0 Å². The Labute approximate surface area is 156 Å². The zero-order chi connectivity index (χ0) is 19.6. The van der Waals surface area contributed by atoms with Crippen molar-refractivity contribution in [1.29, 1.82) is 0 Å². The van der Waals surface area contributed by atoms with Crippen molar-refractivity contribution in [3.05, 3.63) is 58.2 Å². The number of hydrogen-bond donors (Lipinski definition) is 0. The van der Waals surface area contributed by atoms with Crippen LogP contribution in [0.1, 0.15) is 51.9 Å². The van der Waals surface area contributed by atoms with E-state index >= 15 is 0 Å². The molecule has 0 N–H and O–H groups in total. The molecule has 2 aromatic rings. The van der Waals surface area contributed by atoms with Crippen molar-refractivity contribution in [2.24, 2.45) is 0 Å². The van der Waals surface area contributed by atoms with Gasteiger partial charge in [-0.25, -0.2) is 18.7 Å². The number of benzene rings is 1. The van der Waals surface area contributed by atoms with Gasteiger partial charge in [0.1, 0.15) is 17.5 Å². The summed E-state index contributed by atoms with van der Waals surface area (Å²) in [6.45, 7) is 4.48. The smallest absolute Gasteiger partial charge is 0.227 e. The second kappa shape index (κ2) is 7.90. The van der Waals surface area contributed by atoms with Gasteiger partial charge in [0.15, 0.2) is 6.29 Å². The number of amides is 1. The summed E-state index contributed by atoms with van der Waals surface area (Å²) in [6.07, 6.45) is 1.77. The quantitative estimate of drug-likeness (QED) is 0.773. The monoisotopic (exact) mass is 373 g/mol. The summed E-state index contributed by atoms with van der Waals surface area (Å²) >= 11 is 0. The molecule has 1 amide bonds. The molecule has 0 saturated carbocycles. The molecular formula is C20H21F2N3O2. The summed E-state index contributed by atoms with van der Waals surface area (Å²) < 4.78 is 27.5. The first kappa shape index (κ1) is 19.1. The van der Waals surface area contributed by atoms with Gasteiger partial charge in [-0.2, -0.15) is 0 Å². The fourth-order valence-electron chi connectivity index (χ4n) is 3.57. The number of halogens is 2. The SMILES string of the molecule is Cc1nc(C)c(C=O)c(C2CCN(C(=O)Cc3c(F)cccc3F)CC2)n1. The van der Waals surface area contributed by atoms with Crippen molar-refractivity contribution in [3.8, 4) is 0 Å². The molecule has 1 aliphatic heterocycles. The van der Waals surface area contributed by atoms with Gasteiger partial charge in [-0.15, -0.1) is 0 Å². The van der Waals surface area contributed by atoms with Crippen molar-refractivity contribution in [2.45, 2.75) is 39.0 Å². The molecule has 5 nitrogen and oxygen atoms in total. The molecular weight excluding hydrogens is 352 g/mol. The van der Waals surface area contributed by atoms with Crippen LogP contribution in [0.5, 0.6) is 0 Å². The Bertz CT molecular complexity index is 858. The molecule has 3 rings (SSSR count). The normalized spacial score (nSPS) is 15.0. The second-order valence-corrected chi connectivity index (χ2v) is 6.81. The highest BCUT2D eigenvalue weighted by atomic mass is 19.1. The summed E-state index contributed by atoms with van der Waals surface area (Å²) in [5, 5.41) is 0. The lowest BCUT2D eigenvalue weighted by Gasteiger charge is -2.32. The minimum Gasteiger partial charge on any atom is -0.342 e. The van der Waals surface area contributed by atoms with Crippen molar-refractivity contribution in [1.82, 2.24) is 14.9 Å². The molecule has 1 aliphatic rings. The standard InChI is InChI=1S/C20H21F2N3O2/c1-12-16(11-26)20(24-13(2)23-12)14-6-8-25(9-7-14)19(27)10-15-17(21)4-3-5-18(15)22/h3-5,11,14H,6-10H2,1-2H3. The maximum atomic E-state index is 13.8. The van der Waals surface area contributed by atoms with Crippen molar-refractivity contribution in [2.75, 3.05) is 13.1 Å². The van der Waals surface area contributed by atoms with E-state index in [-0.39, 0.29) is 23.8 Å². The van der Waals surface area contributed by atoms with E-state index in [1.54, 1.807) is 18.7 Å². The van der Waals surface area contributed by atoms with Crippen molar-refractivity contribution in [3.63, 3.8) is 0 Å². The summed E-state index contributed by atoms with van der Waals surface area (Å²) in [5.41, 5.74) is 1.69. The molecule has 0 radical (unpaired) electrons. The predicted molar refractivity (Wildman–Crippen MR) is 95.5 cm³/mol. The third kappa shape index (κ3) is 4.02. The van der Waals surface area contributed by atoms with E-state index in [9.17, 15) is 18.4 Å². The maximum Gasteiger partial charge on any atom is 0.227 e. The Kier molecular flexibility index (Phi) is 5.58. The van der Waals surface area contributed by atoms with Crippen molar-refractivity contribution >= 4 is 12.2 Å². The average molecular weight is 373 g/mol. The first-order valence-corrected chi connectivity index (χ1v) is 8.91. The van der Waals surface area contributed by atoms with E-state index in [1.807, 2.05) is 0 Å². The molecule has 0 spiro atoms. The van der Waals surface area contributed by atoms with Crippen LogP contribution >= 0.6 is 0 Å². The number of aldehydes is 1. The number of likely N-dealkylation sites (tertiary alicyclic amines) is 1. The number of aromatic nitrogens is 2. The number of piperidine rings is 1. The molecule has 27 heavy (non-hydrogen) atoms. The largest absolute Gasteiger partial charge is 0.342 e. The molecule has 2 heterocycles. The molecule has 1 aromatic heterocycles. The first-order valence-electron chi connectivity index (χ1n) is 8.91. The van der Waals surface area contributed by atoms with E-state index in [4.69, 9.17) is 0 Å². The van der Waals surface area contributed by atoms with Gasteiger partial charge < -0.3 is 4.90 Å². The Hall–Kier alpha value is -2.70. The van der Waals surface area contributed by atoms with Crippen LogP contribution in [-0.2, 0) is 11.2 Å². The first-order chi connectivity index (χ1) is 12.9. The van der Waals surface area contributed by atoms with Crippen LogP contribution in [0.25, 0.3) is 0 Å². The highest BCUT2D eigenvalue weighted by molar-refractivity contribution is 5.79. The zero-order valence-electron chi connectivity index (χ0n) is 15.3. The summed E-state index contributed by atoms with van der Waals surface area (Å²) in [7, 11) is 0. The molecule has 0 unspecified atom stereocenters. The van der Waals surface area contributed by atoms with Crippen LogP contribution in [0.2, 0.25) is 0 Å². The third-order valence-corrected chi connectivity index (χ3v) is 5.02. The molecule has 0 atom stereocenters. The van der Waals surface area contributed by atoms with E-state index in [0.29, 0.717) is 43.0 Å². The Balaban J connectivity index is 1.69. The van der Waals surface area contributed by atoms with Gasteiger partial charge in [-0.1, -0.05) is 6.07 Å². The van der Waals surface area contributed by atoms with Crippen LogP contribution < -0.4 is 0 Å². The number of carbonyl (C=O) groups excluding carboxylic acids is 2. The lowest BCUT2D eigenvalue weighted by atomic mass is 9.90. The van der Waals surface area contributed by atoms with E-state index < -0.39 is 11.6 Å². The lowest BCUT2D eigenvalue weighted by molar-refractivity contribution is -0.131. The Morgan fingerprint density at radius 3 is 2.41 bits per heavy atom. The third-order valence-electron chi connectivity index (χ3n) is 5.02. The number of rotatable bonds is 4. The minimum atomic E-state index is -0.708. The predicted octanol–water partition coefficient (Wildman–Crippen LogP) is 3.13. The molecule has 142 valence electrons. The van der Waals surface area contributed by atoms with Crippen LogP contribution in [0.15, 0.2) is 18.2 Å². The Morgan fingerprint density at radius 1 is 1.19 bits per heavy atom. The average Bonchev–Trinajstić information content (AvgIpc) is 2.64. The minimum absolute atomic E-state index is 0.0554. The van der Waals surface area contributed by atoms with Crippen molar-refractivity contribution < 1.29 is 18.4 Å². The van der Waals surface area contributed by atoms with Crippen LogP contribution in [0, 0.1) is 25.5 Å². The van der Waals surface area contributed by atoms with Gasteiger partial charge in [0.25, 0.3) is 0 Å². The lowest BCUT2D eigenvalue weighted by Crippen LogP contribution is -2.39. The summed E-state index contributed by atoms with van der Waals surface area (Å²) in [4.78, 5) is 34.2. The number of hydrogen-bond acceptors (Lipinski definition) is 4. The van der Waals surface area contributed by atoms with E-state index in [0.717, 1.165) is 24.1 Å². The maximum absolute atomic E-state index is 13.8. The molecule has 0 bridgehead atoms. The highest BCUT2D eigenvalue weighted by Gasteiger charge is 2.28. The Morgan fingerprint density at radius 2 is 1.81 bits per heavy atom. The van der Waals surface area contributed by atoms with Gasteiger partial charge in [0.05, 0.1) is 23.4 Å². The number of nitrogens with zero attached hydrogens (tertiary/aromatic N) is 3. The second-order valence-electron chi connectivity index (χ2n) is 6.81. The molecule has 1 aromatic carbocycles. The number of aryl methyl sites for hydroxylation is 2. The van der Waals surface area contributed by atoms with E-state index in [1.165, 1.54) is 6.07 Å². The fraction of sp³-hybridized carbons (Fsp3) is 0.400. The molecule has 0 aliphatic carbocycles. The van der Waals surface area contributed by atoms with E-state index in [2.05, 4.69) is 9.97 Å². The van der Waals surface area contributed by atoms with Gasteiger partial charge in [0, 0.05) is 24.6 Å².